The first kappa shape index (κ1) is 15.2. The number of benzene rings is 2. The molecule has 0 atom stereocenters. The highest BCUT2D eigenvalue weighted by molar-refractivity contribution is 14.1. The van der Waals surface area contributed by atoms with Gasteiger partial charge in [0.2, 0.25) is 0 Å². The average molecular weight is 399 g/mol. The van der Waals surface area contributed by atoms with E-state index in [1.807, 2.05) is 19.1 Å². The molecule has 0 bridgehead atoms. The molecule has 0 fully saturated rings. The predicted octanol–water partition coefficient (Wildman–Crippen LogP) is 4.16. The molecular formula is C13H10IN3O4. The van der Waals surface area contributed by atoms with Crippen molar-refractivity contribution < 1.29 is 9.85 Å². The van der Waals surface area contributed by atoms with E-state index < -0.39 is 9.85 Å². The van der Waals surface area contributed by atoms with Crippen molar-refractivity contribution in [3.05, 3.63) is 65.8 Å². The first-order chi connectivity index (χ1) is 9.88. The number of non-ortho nitro benzene ring substituents is 1. The summed E-state index contributed by atoms with van der Waals surface area (Å²) in [6.45, 7) is 1.93. The third kappa shape index (κ3) is 3.45. The van der Waals surface area contributed by atoms with Crippen molar-refractivity contribution in [1.29, 1.82) is 0 Å². The number of anilines is 2. The van der Waals surface area contributed by atoms with Gasteiger partial charge in [-0.05, 0) is 59.3 Å². The molecule has 108 valence electrons. The fourth-order valence-corrected chi connectivity index (χ4v) is 2.10. The second kappa shape index (κ2) is 6.04. The van der Waals surface area contributed by atoms with Crippen LogP contribution in [0.5, 0.6) is 0 Å². The Balaban J connectivity index is 2.41. The smallest absolute Gasteiger partial charge is 0.299 e. The summed E-state index contributed by atoms with van der Waals surface area (Å²) in [5.74, 6) is 0. The van der Waals surface area contributed by atoms with Crippen LogP contribution >= 0.6 is 22.6 Å². The van der Waals surface area contributed by atoms with Crippen LogP contribution < -0.4 is 5.32 Å². The molecule has 0 aliphatic carbocycles. The number of rotatable bonds is 4. The molecule has 0 amide bonds. The van der Waals surface area contributed by atoms with Gasteiger partial charge in [-0.25, -0.2) is 0 Å². The van der Waals surface area contributed by atoms with Gasteiger partial charge in [-0.3, -0.25) is 20.2 Å². The van der Waals surface area contributed by atoms with Crippen LogP contribution in [0.4, 0.5) is 22.7 Å². The number of nitrogens with zero attached hydrogens (tertiary/aromatic N) is 2. The Bertz CT molecular complexity index is 733. The summed E-state index contributed by atoms with van der Waals surface area (Å²) in [5, 5.41) is 24.7. The first-order valence-corrected chi connectivity index (χ1v) is 6.92. The number of halogens is 1. The zero-order valence-electron chi connectivity index (χ0n) is 10.9. The van der Waals surface area contributed by atoms with Crippen molar-refractivity contribution in [1.82, 2.24) is 0 Å². The van der Waals surface area contributed by atoms with Crippen LogP contribution in [0.1, 0.15) is 5.56 Å². The van der Waals surface area contributed by atoms with Gasteiger partial charge in [-0.2, -0.15) is 0 Å². The van der Waals surface area contributed by atoms with Gasteiger partial charge < -0.3 is 5.32 Å². The van der Waals surface area contributed by atoms with Crippen LogP contribution in [0.3, 0.4) is 0 Å². The summed E-state index contributed by atoms with van der Waals surface area (Å²) < 4.78 is 1.08. The van der Waals surface area contributed by atoms with Crippen molar-refractivity contribution in [3.8, 4) is 0 Å². The van der Waals surface area contributed by atoms with Gasteiger partial charge in [0.25, 0.3) is 11.4 Å². The van der Waals surface area contributed by atoms with Crippen molar-refractivity contribution in [2.24, 2.45) is 0 Å². The van der Waals surface area contributed by atoms with Gasteiger partial charge in [0.05, 0.1) is 15.9 Å². The molecule has 0 aromatic heterocycles. The summed E-state index contributed by atoms with van der Waals surface area (Å²) in [6, 6.07) is 9.04. The van der Waals surface area contributed by atoms with Crippen LogP contribution in [-0.4, -0.2) is 9.85 Å². The molecule has 0 saturated heterocycles. The standard InChI is InChI=1S/C13H10IN3O4/c1-8-6-9(2-4-11(8)14)15-12-5-3-10(16(18)19)7-13(12)17(20)21/h2-7,15H,1H3. The highest BCUT2D eigenvalue weighted by atomic mass is 127. The zero-order valence-corrected chi connectivity index (χ0v) is 13.0. The van der Waals surface area contributed by atoms with Gasteiger partial charge in [0.1, 0.15) is 5.69 Å². The molecule has 2 aromatic rings. The number of nitrogens with one attached hydrogen (secondary N) is 1. The molecule has 7 nitrogen and oxygen atoms in total. The van der Waals surface area contributed by atoms with E-state index >= 15 is 0 Å². The molecule has 2 rings (SSSR count). The maximum Gasteiger partial charge on any atom is 0.299 e. The van der Waals surface area contributed by atoms with Crippen LogP contribution in [0.2, 0.25) is 0 Å². The molecular weight excluding hydrogens is 389 g/mol. The maximum absolute atomic E-state index is 11.0. The lowest BCUT2D eigenvalue weighted by molar-refractivity contribution is -0.393. The third-order valence-electron chi connectivity index (χ3n) is 2.83. The van der Waals surface area contributed by atoms with E-state index in [2.05, 4.69) is 27.9 Å². The van der Waals surface area contributed by atoms with E-state index in [4.69, 9.17) is 0 Å². The molecule has 21 heavy (non-hydrogen) atoms. The number of aryl methyl sites for hydroxylation is 1. The van der Waals surface area contributed by atoms with E-state index in [0.717, 1.165) is 15.2 Å². The molecule has 0 unspecified atom stereocenters. The maximum atomic E-state index is 11.0. The average Bonchev–Trinajstić information content (AvgIpc) is 2.43. The molecule has 0 heterocycles. The van der Waals surface area contributed by atoms with E-state index in [9.17, 15) is 20.2 Å². The van der Waals surface area contributed by atoms with Gasteiger partial charge in [0.15, 0.2) is 0 Å². The summed E-state index contributed by atoms with van der Waals surface area (Å²) in [6.07, 6.45) is 0. The predicted molar refractivity (Wildman–Crippen MR) is 86.9 cm³/mol. The molecule has 2 aromatic carbocycles. The third-order valence-corrected chi connectivity index (χ3v) is 4.04. The summed E-state index contributed by atoms with van der Waals surface area (Å²) >= 11 is 2.19. The van der Waals surface area contributed by atoms with Crippen molar-refractivity contribution in [3.63, 3.8) is 0 Å². The largest absolute Gasteiger partial charge is 0.350 e. The SMILES string of the molecule is Cc1cc(Nc2ccc([N+](=O)[O-])cc2[N+](=O)[O-])ccc1I. The summed E-state index contributed by atoms with van der Waals surface area (Å²) in [4.78, 5) is 20.4. The molecule has 0 saturated carbocycles. The Morgan fingerprint density at radius 1 is 1.05 bits per heavy atom. The van der Waals surface area contributed by atoms with Crippen LogP contribution in [0.25, 0.3) is 0 Å². The topological polar surface area (TPSA) is 98.3 Å². The fourth-order valence-electron chi connectivity index (χ4n) is 1.77. The number of nitro groups is 2. The lowest BCUT2D eigenvalue weighted by Crippen LogP contribution is -1.99. The monoisotopic (exact) mass is 399 g/mol. The van der Waals surface area contributed by atoms with Gasteiger partial charge in [-0.15, -0.1) is 0 Å². The van der Waals surface area contributed by atoms with Gasteiger partial charge in [-0.1, -0.05) is 0 Å². The Morgan fingerprint density at radius 3 is 2.33 bits per heavy atom. The second-order valence-electron chi connectivity index (χ2n) is 4.30. The van der Waals surface area contributed by atoms with Crippen molar-refractivity contribution >= 4 is 45.3 Å². The van der Waals surface area contributed by atoms with Crippen molar-refractivity contribution in [2.45, 2.75) is 6.92 Å². The van der Waals surface area contributed by atoms with Crippen LogP contribution in [-0.2, 0) is 0 Å². The fraction of sp³-hybridized carbons (Fsp3) is 0.0769. The quantitative estimate of drug-likeness (QED) is 0.473. The minimum atomic E-state index is -0.661. The van der Waals surface area contributed by atoms with Crippen LogP contribution in [0, 0.1) is 30.7 Å². The number of hydrogen-bond donors (Lipinski definition) is 1. The molecule has 1 N–H and O–H groups in total. The molecule has 8 heteroatoms. The normalized spacial score (nSPS) is 10.2. The van der Waals surface area contributed by atoms with E-state index in [-0.39, 0.29) is 17.1 Å². The number of hydrogen-bond acceptors (Lipinski definition) is 5. The zero-order chi connectivity index (χ0) is 15.6. The van der Waals surface area contributed by atoms with E-state index in [1.54, 1.807) is 6.07 Å². The lowest BCUT2D eigenvalue weighted by Gasteiger charge is -2.08. The Hall–Kier alpha value is -2.23. The van der Waals surface area contributed by atoms with Gasteiger partial charge in [0, 0.05) is 15.3 Å². The molecule has 0 spiro atoms. The second-order valence-corrected chi connectivity index (χ2v) is 5.47. The summed E-state index contributed by atoms with van der Waals surface area (Å²) in [7, 11) is 0. The van der Waals surface area contributed by atoms with Gasteiger partial charge >= 0.3 is 0 Å². The molecule has 0 radical (unpaired) electrons. The molecule has 0 aliphatic rings. The Morgan fingerprint density at radius 2 is 1.76 bits per heavy atom. The van der Waals surface area contributed by atoms with Crippen molar-refractivity contribution in [2.75, 3.05) is 5.32 Å². The Kier molecular flexibility index (Phi) is 4.36. The molecule has 0 aliphatic heterocycles. The van der Waals surface area contributed by atoms with Crippen LogP contribution in [0.15, 0.2) is 36.4 Å². The lowest BCUT2D eigenvalue weighted by atomic mass is 10.2. The number of nitro benzene ring substituents is 2. The highest BCUT2D eigenvalue weighted by Gasteiger charge is 2.19. The summed E-state index contributed by atoms with van der Waals surface area (Å²) in [5.41, 5.74) is 1.28. The van der Waals surface area contributed by atoms with E-state index in [0.29, 0.717) is 5.69 Å². The minimum Gasteiger partial charge on any atom is -0.350 e. The van der Waals surface area contributed by atoms with E-state index in [1.165, 1.54) is 12.1 Å². The minimum absolute atomic E-state index is 0.214. The first-order valence-electron chi connectivity index (χ1n) is 5.84. The highest BCUT2D eigenvalue weighted by Crippen LogP contribution is 2.31. The Labute approximate surface area is 133 Å².